The van der Waals surface area contributed by atoms with Gasteiger partial charge in [-0.2, -0.15) is 0 Å². The van der Waals surface area contributed by atoms with Crippen LogP contribution in [0.25, 0.3) is 0 Å². The van der Waals surface area contributed by atoms with Crippen LogP contribution in [0.5, 0.6) is 0 Å². The molecule has 0 fully saturated rings. The van der Waals surface area contributed by atoms with Gasteiger partial charge < -0.3 is 15.1 Å². The van der Waals surface area contributed by atoms with Crippen molar-refractivity contribution < 1.29 is 18.7 Å². The molecule has 0 aliphatic heterocycles. The second kappa shape index (κ2) is 5.29. The Balaban J connectivity index is 2.14. The Labute approximate surface area is 110 Å². The molecular formula is C13H15FNO3P. The van der Waals surface area contributed by atoms with Gasteiger partial charge in [-0.15, -0.1) is 0 Å². The first kappa shape index (κ1) is 14.0. The van der Waals surface area contributed by atoms with Crippen LogP contribution in [0.1, 0.15) is 6.42 Å². The third-order valence-electron chi connectivity index (χ3n) is 3.15. The third-order valence-corrected chi connectivity index (χ3v) is 4.80. The lowest BCUT2D eigenvalue weighted by atomic mass is 9.99. The lowest BCUT2D eigenvalue weighted by molar-refractivity contribution is 0.342. The minimum absolute atomic E-state index is 0.0871. The molecule has 1 aromatic rings. The fourth-order valence-corrected chi connectivity index (χ4v) is 2.83. The maximum atomic E-state index is 12.8. The summed E-state index contributed by atoms with van der Waals surface area (Å²) in [7, 11) is -4.29. The number of halogens is 1. The number of nitrogens with one attached hydrogen (secondary N) is 1. The molecule has 102 valence electrons. The summed E-state index contributed by atoms with van der Waals surface area (Å²) in [6, 6.07) is 5.66. The number of rotatable bonds is 4. The average molecular weight is 283 g/mol. The summed E-state index contributed by atoms with van der Waals surface area (Å²) in [5.41, 5.74) is 0.622. The van der Waals surface area contributed by atoms with Crippen LogP contribution in [0.4, 0.5) is 10.1 Å². The van der Waals surface area contributed by atoms with Gasteiger partial charge in [0.2, 0.25) is 0 Å². The molecule has 0 saturated heterocycles. The Morgan fingerprint density at radius 2 is 1.95 bits per heavy atom. The molecule has 0 heterocycles. The van der Waals surface area contributed by atoms with Gasteiger partial charge in [-0.05, 0) is 30.7 Å². The van der Waals surface area contributed by atoms with Crippen molar-refractivity contribution in [3.8, 4) is 0 Å². The molecule has 1 aliphatic rings. The minimum atomic E-state index is -4.29. The summed E-state index contributed by atoms with van der Waals surface area (Å²) >= 11 is 0. The highest BCUT2D eigenvalue weighted by Crippen LogP contribution is 2.54. The zero-order valence-electron chi connectivity index (χ0n) is 10.2. The van der Waals surface area contributed by atoms with Gasteiger partial charge in [-0.1, -0.05) is 24.3 Å². The zero-order chi connectivity index (χ0) is 13.9. The highest BCUT2D eigenvalue weighted by Gasteiger charge is 2.44. The van der Waals surface area contributed by atoms with Gasteiger partial charge in [0.15, 0.2) is 0 Å². The fourth-order valence-electron chi connectivity index (χ4n) is 1.93. The molecule has 1 aliphatic carbocycles. The van der Waals surface area contributed by atoms with E-state index in [0.717, 1.165) is 0 Å². The van der Waals surface area contributed by atoms with Gasteiger partial charge in [0.05, 0.1) is 0 Å². The summed E-state index contributed by atoms with van der Waals surface area (Å²) < 4.78 is 24.5. The molecule has 1 aromatic carbocycles. The third kappa shape index (κ3) is 3.13. The number of anilines is 1. The van der Waals surface area contributed by atoms with E-state index in [9.17, 15) is 18.7 Å². The van der Waals surface area contributed by atoms with Gasteiger partial charge in [0.1, 0.15) is 11.0 Å². The molecule has 4 nitrogen and oxygen atoms in total. The van der Waals surface area contributed by atoms with E-state index in [0.29, 0.717) is 5.69 Å². The second-order valence-electron chi connectivity index (χ2n) is 4.50. The van der Waals surface area contributed by atoms with E-state index in [1.165, 1.54) is 30.3 Å². The van der Waals surface area contributed by atoms with Gasteiger partial charge in [0, 0.05) is 12.2 Å². The highest BCUT2D eigenvalue weighted by molar-refractivity contribution is 7.53. The van der Waals surface area contributed by atoms with Crippen molar-refractivity contribution in [2.75, 3.05) is 11.9 Å². The van der Waals surface area contributed by atoms with Gasteiger partial charge >= 0.3 is 7.60 Å². The van der Waals surface area contributed by atoms with Gasteiger partial charge in [0.25, 0.3) is 0 Å². The monoisotopic (exact) mass is 283 g/mol. The van der Waals surface area contributed by atoms with Crippen molar-refractivity contribution in [2.45, 2.75) is 11.6 Å². The molecule has 0 bridgehead atoms. The van der Waals surface area contributed by atoms with Crippen LogP contribution in [0, 0.1) is 5.82 Å². The van der Waals surface area contributed by atoms with E-state index < -0.39 is 12.8 Å². The summed E-state index contributed by atoms with van der Waals surface area (Å²) in [5.74, 6) is -0.351. The number of benzene rings is 1. The van der Waals surface area contributed by atoms with Crippen molar-refractivity contribution in [3.05, 3.63) is 54.4 Å². The van der Waals surface area contributed by atoms with Crippen LogP contribution < -0.4 is 5.32 Å². The highest BCUT2D eigenvalue weighted by atomic mass is 31.2. The summed E-state index contributed by atoms with van der Waals surface area (Å²) in [5, 5.41) is 1.70. The Morgan fingerprint density at radius 1 is 1.26 bits per heavy atom. The molecule has 1 unspecified atom stereocenters. The van der Waals surface area contributed by atoms with Crippen LogP contribution >= 0.6 is 7.60 Å². The summed E-state index contributed by atoms with van der Waals surface area (Å²) in [6.07, 6.45) is 6.92. The molecule has 0 aromatic heterocycles. The number of hydrogen-bond acceptors (Lipinski definition) is 2. The maximum absolute atomic E-state index is 12.8. The predicted octanol–water partition coefficient (Wildman–Crippen LogP) is 2.67. The van der Waals surface area contributed by atoms with Crippen molar-refractivity contribution in [2.24, 2.45) is 0 Å². The van der Waals surface area contributed by atoms with Crippen LogP contribution in [-0.2, 0) is 4.57 Å². The lowest BCUT2D eigenvalue weighted by Crippen LogP contribution is -2.35. The molecule has 0 radical (unpaired) electrons. The van der Waals surface area contributed by atoms with Crippen LogP contribution in [-0.4, -0.2) is 21.5 Å². The molecule has 0 saturated carbocycles. The SMILES string of the molecule is O=P(O)(O)C1(CNc2ccc(F)cc2)C=CC=CC1. The lowest BCUT2D eigenvalue weighted by Gasteiger charge is -2.32. The molecule has 19 heavy (non-hydrogen) atoms. The predicted molar refractivity (Wildman–Crippen MR) is 72.6 cm³/mol. The Morgan fingerprint density at radius 3 is 2.47 bits per heavy atom. The molecule has 0 amide bonds. The first-order valence-corrected chi connectivity index (χ1v) is 7.44. The molecule has 3 N–H and O–H groups in total. The van der Waals surface area contributed by atoms with E-state index in [-0.39, 0.29) is 18.8 Å². The van der Waals surface area contributed by atoms with Crippen molar-refractivity contribution in [1.82, 2.24) is 0 Å². The average Bonchev–Trinajstić information content (AvgIpc) is 2.38. The normalized spacial score (nSPS) is 22.5. The minimum Gasteiger partial charge on any atom is -0.383 e. The molecule has 0 spiro atoms. The Hall–Kier alpha value is -1.42. The largest absolute Gasteiger partial charge is 0.383 e. The van der Waals surface area contributed by atoms with Crippen LogP contribution in [0.15, 0.2) is 48.6 Å². The first-order chi connectivity index (χ1) is 8.93. The van der Waals surface area contributed by atoms with Crippen molar-refractivity contribution >= 4 is 13.3 Å². The maximum Gasteiger partial charge on any atom is 0.337 e. The smallest absolute Gasteiger partial charge is 0.337 e. The van der Waals surface area contributed by atoms with E-state index in [1.54, 1.807) is 18.2 Å². The second-order valence-corrected chi connectivity index (χ2v) is 6.48. The zero-order valence-corrected chi connectivity index (χ0v) is 11.1. The van der Waals surface area contributed by atoms with Crippen LogP contribution in [0.3, 0.4) is 0 Å². The molecular weight excluding hydrogens is 268 g/mol. The Bertz CT molecular complexity index is 550. The quantitative estimate of drug-likeness (QED) is 0.743. The first-order valence-electron chi connectivity index (χ1n) is 5.82. The summed E-state index contributed by atoms with van der Waals surface area (Å²) in [6.45, 7) is 0.0871. The molecule has 6 heteroatoms. The van der Waals surface area contributed by atoms with E-state index in [1.807, 2.05) is 0 Å². The molecule has 2 rings (SSSR count). The topological polar surface area (TPSA) is 69.6 Å². The number of hydrogen-bond donors (Lipinski definition) is 3. The Kier molecular flexibility index (Phi) is 3.90. The fraction of sp³-hybridized carbons (Fsp3) is 0.231. The van der Waals surface area contributed by atoms with Crippen molar-refractivity contribution in [1.29, 1.82) is 0 Å². The van der Waals surface area contributed by atoms with Crippen molar-refractivity contribution in [3.63, 3.8) is 0 Å². The summed E-state index contributed by atoms with van der Waals surface area (Å²) in [4.78, 5) is 19.1. The number of allylic oxidation sites excluding steroid dienone is 3. The van der Waals surface area contributed by atoms with E-state index in [4.69, 9.17) is 0 Å². The standard InChI is InChI=1S/C13H15FNO3P/c14-11-4-6-12(7-5-11)15-10-13(19(16,17)18)8-2-1-3-9-13/h1-8,15H,9-10H2,(H2,16,17,18). The van der Waals surface area contributed by atoms with Crippen LogP contribution in [0.2, 0.25) is 0 Å². The van der Waals surface area contributed by atoms with E-state index >= 15 is 0 Å². The van der Waals surface area contributed by atoms with Gasteiger partial charge in [-0.3, -0.25) is 4.57 Å². The molecule has 1 atom stereocenters. The van der Waals surface area contributed by atoms with Gasteiger partial charge in [-0.25, -0.2) is 4.39 Å². The van der Waals surface area contributed by atoms with E-state index in [2.05, 4.69) is 5.32 Å².